The van der Waals surface area contributed by atoms with Gasteiger partial charge in [0.1, 0.15) is 19.9 Å². The number of thioether (sulfide) groups is 1. The highest BCUT2D eigenvalue weighted by Crippen LogP contribution is 2.54. The van der Waals surface area contributed by atoms with Gasteiger partial charge in [0.15, 0.2) is 10.0 Å². The van der Waals surface area contributed by atoms with Crippen LogP contribution in [0.1, 0.15) is 25.0 Å². The molecule has 0 saturated carbocycles. The van der Waals surface area contributed by atoms with Crippen molar-refractivity contribution in [3.8, 4) is 0 Å². The molecular formula is C19H24N6O5S2. The Morgan fingerprint density at radius 3 is 2.78 bits per heavy atom. The van der Waals surface area contributed by atoms with Gasteiger partial charge in [0.25, 0.3) is 5.91 Å². The third-order valence-electron chi connectivity index (χ3n) is 6.01. The molecule has 13 heteroatoms. The van der Waals surface area contributed by atoms with Crippen LogP contribution in [0.15, 0.2) is 21.8 Å². The Labute approximate surface area is 192 Å². The van der Waals surface area contributed by atoms with Crippen LogP contribution >= 0.6 is 23.1 Å². The Morgan fingerprint density at radius 1 is 1.50 bits per heavy atom. The molecule has 1 unspecified atom stereocenters. The van der Waals surface area contributed by atoms with E-state index in [1.54, 1.807) is 5.38 Å². The van der Waals surface area contributed by atoms with Crippen LogP contribution in [0.25, 0.3) is 0 Å². The summed E-state index contributed by atoms with van der Waals surface area (Å²) >= 11 is 2.46. The summed E-state index contributed by atoms with van der Waals surface area (Å²) in [5.74, 6) is -2.34. The van der Waals surface area contributed by atoms with E-state index in [0.717, 1.165) is 32.1 Å². The second-order valence-corrected chi connectivity index (χ2v) is 10.5. The van der Waals surface area contributed by atoms with Crippen LogP contribution in [0, 0.1) is 0 Å². The zero-order chi connectivity index (χ0) is 23.1. The van der Waals surface area contributed by atoms with E-state index in [9.17, 15) is 19.5 Å². The number of aliphatic carboxylic acids is 1. The highest BCUT2D eigenvalue weighted by atomic mass is 32.2. The number of nitrogens with one attached hydrogen (secondary N) is 1. The van der Waals surface area contributed by atoms with E-state index < -0.39 is 22.1 Å². The highest BCUT2D eigenvalue weighted by Gasteiger charge is 2.57. The number of amides is 2. The fourth-order valence-electron chi connectivity index (χ4n) is 4.52. The Morgan fingerprint density at radius 2 is 2.22 bits per heavy atom. The fraction of sp³-hybridized carbons (Fsp3) is 0.526. The lowest BCUT2D eigenvalue weighted by atomic mass is 9.95. The molecule has 172 valence electrons. The van der Waals surface area contributed by atoms with Gasteiger partial charge in [-0.1, -0.05) is 16.9 Å². The molecule has 0 bridgehead atoms. The number of nitrogens with two attached hydrogens (primary N) is 1. The maximum Gasteiger partial charge on any atom is 0.267 e. The number of hydrogen-bond acceptors (Lipinski definition) is 10. The van der Waals surface area contributed by atoms with Crippen molar-refractivity contribution in [2.45, 2.75) is 29.5 Å². The van der Waals surface area contributed by atoms with Gasteiger partial charge >= 0.3 is 0 Å². The second-order valence-electron chi connectivity index (χ2n) is 8.25. The first-order valence-corrected chi connectivity index (χ1v) is 11.8. The minimum absolute atomic E-state index is 0.143. The number of hydrogen-bond donors (Lipinski definition) is 2. The molecule has 2 amide bonds. The van der Waals surface area contributed by atoms with Gasteiger partial charge in [-0.3, -0.25) is 14.5 Å². The predicted molar refractivity (Wildman–Crippen MR) is 117 cm³/mol. The Kier molecular flexibility index (Phi) is 5.90. The molecule has 0 aromatic carbocycles. The van der Waals surface area contributed by atoms with Crippen molar-refractivity contribution in [1.29, 1.82) is 0 Å². The number of oxime groups is 1. The summed E-state index contributed by atoms with van der Waals surface area (Å²) in [6.45, 7) is 1.99. The predicted octanol–water partition coefficient (Wildman–Crippen LogP) is -0.824. The molecule has 1 aromatic rings. The molecule has 11 nitrogen and oxygen atoms in total. The van der Waals surface area contributed by atoms with Crippen LogP contribution in [0.5, 0.6) is 0 Å². The lowest BCUT2D eigenvalue weighted by molar-refractivity contribution is -0.893. The van der Waals surface area contributed by atoms with Crippen molar-refractivity contribution in [2.75, 3.05) is 39.5 Å². The normalized spacial score (nSPS) is 26.8. The first kappa shape index (κ1) is 22.6. The lowest BCUT2D eigenvalue weighted by Crippen LogP contribution is -2.64. The van der Waals surface area contributed by atoms with Gasteiger partial charge in [-0.25, -0.2) is 4.98 Å². The number of carboxylic acid groups (broad SMARTS) is 1. The number of fused-ring (bicyclic) bond motifs is 1. The quantitative estimate of drug-likeness (QED) is 0.222. The van der Waals surface area contributed by atoms with E-state index >= 15 is 0 Å². The summed E-state index contributed by atoms with van der Waals surface area (Å²) in [7, 11) is 3.35. The van der Waals surface area contributed by atoms with Crippen LogP contribution in [0.2, 0.25) is 0 Å². The molecule has 1 aromatic heterocycles. The van der Waals surface area contributed by atoms with Crippen molar-refractivity contribution < 1.29 is 28.8 Å². The van der Waals surface area contributed by atoms with Gasteiger partial charge in [0.05, 0.1) is 54.9 Å². The first-order chi connectivity index (χ1) is 15.2. The minimum Gasteiger partial charge on any atom is -0.543 e. The van der Waals surface area contributed by atoms with E-state index in [4.69, 9.17) is 5.73 Å². The first-order valence-electron chi connectivity index (χ1n) is 10.1. The summed E-state index contributed by atoms with van der Waals surface area (Å²) in [5, 5.41) is 20.3. The molecule has 2 fully saturated rings. The third-order valence-corrected chi connectivity index (χ3v) is 8.24. The summed E-state index contributed by atoms with van der Waals surface area (Å²) in [6.07, 6.45) is 3.13. The molecular weight excluding hydrogens is 456 g/mol. The molecule has 4 rings (SSSR count). The molecule has 3 aliphatic heterocycles. The van der Waals surface area contributed by atoms with E-state index in [0.29, 0.717) is 22.3 Å². The zero-order valence-electron chi connectivity index (χ0n) is 17.7. The number of carboxylic acids is 1. The van der Waals surface area contributed by atoms with E-state index in [2.05, 4.69) is 20.3 Å². The number of thiazole rings is 1. The van der Waals surface area contributed by atoms with Crippen LogP contribution in [0.3, 0.4) is 0 Å². The third kappa shape index (κ3) is 3.84. The van der Waals surface area contributed by atoms with Crippen molar-refractivity contribution in [2.24, 2.45) is 5.16 Å². The number of likely N-dealkylation sites (N-methyl/N-ethyl adjacent to an activating group) is 1. The van der Waals surface area contributed by atoms with Crippen molar-refractivity contribution in [3.05, 3.63) is 22.3 Å². The molecule has 2 atom stereocenters. The SMILES string of the molecule is CO/N=C\C(=O)NC1(c2csc(N)n2)S[C@H]2CC(=O)N2C(C(=O)[O-])=C1C[N+]1(C)CCCC1. The number of nitrogen functional groups attached to an aromatic ring is 1. The molecule has 0 spiro atoms. The lowest BCUT2D eigenvalue weighted by Gasteiger charge is -2.53. The number of nitrogens with zero attached hydrogens (tertiary/aromatic N) is 4. The van der Waals surface area contributed by atoms with E-state index in [1.165, 1.54) is 35.1 Å². The second kappa shape index (κ2) is 8.37. The molecule has 3 aliphatic rings. The Hall–Kier alpha value is -2.64. The monoisotopic (exact) mass is 480 g/mol. The molecule has 32 heavy (non-hydrogen) atoms. The maximum absolute atomic E-state index is 12.8. The zero-order valence-corrected chi connectivity index (χ0v) is 19.3. The fourth-order valence-corrected chi connectivity index (χ4v) is 6.86. The van der Waals surface area contributed by atoms with Crippen LogP contribution in [-0.4, -0.2) is 77.5 Å². The van der Waals surface area contributed by atoms with Crippen molar-refractivity contribution >= 4 is 52.2 Å². The van der Waals surface area contributed by atoms with Crippen LogP contribution in [-0.2, 0) is 24.1 Å². The van der Waals surface area contributed by atoms with Gasteiger partial charge in [-0.15, -0.1) is 11.3 Å². The van der Waals surface area contributed by atoms with Crippen molar-refractivity contribution in [1.82, 2.24) is 15.2 Å². The molecule has 0 aliphatic carbocycles. The molecule has 3 N–H and O–H groups in total. The van der Waals surface area contributed by atoms with E-state index in [1.807, 2.05) is 7.05 Å². The number of quaternary nitrogens is 1. The molecule has 4 heterocycles. The number of carbonyl (C=O) groups is 3. The minimum atomic E-state index is -1.46. The standard InChI is InChI=1S/C19H24N6O5S2/c1-25(5-3-4-6-25)9-11-16(17(28)29)24-14(27)7-15(24)32-19(11,12-10-31-18(20)22-12)23-13(26)8-21-30-2/h8,10,15H,3-7,9H2,1-2H3,(H3-,20,22,23,26,28,29)/b21-8-/t15-,19?/m0/s1. The van der Waals surface area contributed by atoms with Gasteiger partial charge in [0, 0.05) is 18.2 Å². The number of carbonyl (C=O) groups excluding carboxylic acids is 3. The summed E-state index contributed by atoms with van der Waals surface area (Å²) < 4.78 is 0.572. The number of anilines is 1. The number of aromatic nitrogens is 1. The highest BCUT2D eigenvalue weighted by molar-refractivity contribution is 8.01. The van der Waals surface area contributed by atoms with Crippen LogP contribution in [0.4, 0.5) is 5.13 Å². The number of likely N-dealkylation sites (tertiary alicyclic amines) is 1. The maximum atomic E-state index is 12.8. The average Bonchev–Trinajstić information content (AvgIpc) is 3.36. The topological polar surface area (TPSA) is 150 Å². The Balaban J connectivity index is 1.92. The van der Waals surface area contributed by atoms with Gasteiger partial charge in [0.2, 0.25) is 5.91 Å². The Bertz CT molecular complexity index is 1020. The number of rotatable bonds is 7. The van der Waals surface area contributed by atoms with Gasteiger partial charge < -0.3 is 30.3 Å². The average molecular weight is 481 g/mol. The smallest absolute Gasteiger partial charge is 0.267 e. The summed E-state index contributed by atoms with van der Waals surface area (Å²) in [6, 6.07) is 0. The molecule has 2 saturated heterocycles. The summed E-state index contributed by atoms with van der Waals surface area (Å²) in [5.41, 5.74) is 6.47. The van der Waals surface area contributed by atoms with E-state index in [-0.39, 0.29) is 23.2 Å². The molecule has 0 radical (unpaired) electrons. The van der Waals surface area contributed by atoms with Crippen molar-refractivity contribution in [3.63, 3.8) is 0 Å². The summed E-state index contributed by atoms with van der Waals surface area (Å²) in [4.78, 5) is 46.5. The van der Waals surface area contributed by atoms with Crippen LogP contribution < -0.4 is 16.2 Å². The van der Waals surface area contributed by atoms with Gasteiger partial charge in [-0.2, -0.15) is 0 Å². The van der Waals surface area contributed by atoms with Gasteiger partial charge in [-0.05, 0) is 0 Å². The largest absolute Gasteiger partial charge is 0.543 e. The number of β-lactam (4-membered cyclic amide) rings is 1.